The molecule has 2 aliphatic heterocycles. The van der Waals surface area contributed by atoms with E-state index in [2.05, 4.69) is 4.90 Å². The molecule has 0 radical (unpaired) electrons. The van der Waals surface area contributed by atoms with E-state index < -0.39 is 34.3 Å². The van der Waals surface area contributed by atoms with Crippen molar-refractivity contribution in [2.75, 3.05) is 26.2 Å². The number of aromatic nitrogens is 2. The Labute approximate surface area is 222 Å². The van der Waals surface area contributed by atoms with Gasteiger partial charge in [0.2, 0.25) is 0 Å². The fraction of sp³-hybridized carbons (Fsp3) is 0.440. The van der Waals surface area contributed by atoms with Gasteiger partial charge in [-0.25, -0.2) is 17.5 Å². The van der Waals surface area contributed by atoms with Gasteiger partial charge in [0.15, 0.2) is 0 Å². The Morgan fingerprint density at radius 1 is 0.947 bits per heavy atom. The van der Waals surface area contributed by atoms with Gasteiger partial charge in [0.1, 0.15) is 11.4 Å². The number of amides is 1. The molecule has 0 aliphatic carbocycles. The molecule has 0 bridgehead atoms. The zero-order chi connectivity index (χ0) is 27.2. The largest absolute Gasteiger partial charge is 0.406 e. The van der Waals surface area contributed by atoms with Crippen LogP contribution in [0.1, 0.15) is 42.1 Å². The first-order valence-corrected chi connectivity index (χ1v) is 14.1. The van der Waals surface area contributed by atoms with Crippen molar-refractivity contribution in [2.24, 2.45) is 0 Å². The highest BCUT2D eigenvalue weighted by Gasteiger charge is 2.40. The maximum Gasteiger partial charge on any atom is 0.406 e. The summed E-state index contributed by atoms with van der Waals surface area (Å²) in [4.78, 5) is 27.8. The minimum Gasteiger partial charge on any atom is -0.303 e. The summed E-state index contributed by atoms with van der Waals surface area (Å²) in [5, 5.41) is 0.257. The fourth-order valence-electron chi connectivity index (χ4n) is 5.38. The number of sulfonamides is 1. The number of benzene rings is 2. The van der Waals surface area contributed by atoms with Crippen LogP contribution < -0.4 is 5.69 Å². The van der Waals surface area contributed by atoms with E-state index in [4.69, 9.17) is 11.6 Å². The Morgan fingerprint density at radius 3 is 2.32 bits per heavy atom. The lowest BCUT2D eigenvalue weighted by Crippen LogP contribution is -2.39. The Bertz CT molecular complexity index is 1540. The van der Waals surface area contributed by atoms with Crippen LogP contribution in [0.2, 0.25) is 5.02 Å². The smallest absolute Gasteiger partial charge is 0.303 e. The van der Waals surface area contributed by atoms with Crippen LogP contribution in [0, 0.1) is 0 Å². The second-order valence-electron chi connectivity index (χ2n) is 9.65. The third-order valence-electron chi connectivity index (χ3n) is 7.18. The third-order valence-corrected chi connectivity index (χ3v) is 9.26. The number of hydrogen-bond acceptors (Lipinski definition) is 5. The number of carbonyl (C=O) groups excluding carboxylic acids is 1. The molecule has 0 N–H and O–H groups in total. The summed E-state index contributed by atoms with van der Waals surface area (Å²) in [6.07, 6.45) is -2.20. The predicted octanol–water partition coefficient (Wildman–Crippen LogP) is 4.28. The molecule has 204 valence electrons. The number of carbonyl (C=O) groups is 1. The van der Waals surface area contributed by atoms with Crippen LogP contribution >= 0.6 is 11.6 Å². The number of piperidine rings is 1. The lowest BCUT2D eigenvalue weighted by Gasteiger charge is -2.32. The highest BCUT2D eigenvalue weighted by molar-refractivity contribution is 7.90. The van der Waals surface area contributed by atoms with Crippen molar-refractivity contribution in [1.82, 2.24) is 18.3 Å². The molecule has 0 saturated carbocycles. The van der Waals surface area contributed by atoms with Crippen molar-refractivity contribution in [3.63, 3.8) is 0 Å². The third kappa shape index (κ3) is 4.96. The molecule has 0 unspecified atom stereocenters. The van der Waals surface area contributed by atoms with Gasteiger partial charge in [-0.15, -0.1) is 0 Å². The summed E-state index contributed by atoms with van der Waals surface area (Å²) in [5.74, 6) is -0.502. The van der Waals surface area contributed by atoms with Gasteiger partial charge in [-0.3, -0.25) is 13.9 Å². The number of fused-ring (bicyclic) bond motifs is 2. The van der Waals surface area contributed by atoms with Gasteiger partial charge >= 0.3 is 11.9 Å². The SMILES string of the molecule is O=C1c2ccccc2S(=O)(=O)N1CCCCN1CCC(n2c(=O)n(CC(F)(F)F)c3cc(Cl)ccc32)CC1. The van der Waals surface area contributed by atoms with E-state index in [1.54, 1.807) is 24.3 Å². The van der Waals surface area contributed by atoms with Gasteiger partial charge in [0, 0.05) is 30.7 Å². The van der Waals surface area contributed by atoms with Crippen LogP contribution in [0.4, 0.5) is 13.2 Å². The van der Waals surface area contributed by atoms with Crippen molar-refractivity contribution in [1.29, 1.82) is 0 Å². The summed E-state index contributed by atoms with van der Waals surface area (Å²) in [7, 11) is -3.82. The molecule has 0 atom stereocenters. The van der Waals surface area contributed by atoms with Gasteiger partial charge in [0.25, 0.3) is 15.9 Å². The number of halogens is 4. The first-order chi connectivity index (χ1) is 18.0. The summed E-state index contributed by atoms with van der Waals surface area (Å²) < 4.78 is 68.0. The summed E-state index contributed by atoms with van der Waals surface area (Å²) in [5.41, 5.74) is 0.0922. The van der Waals surface area contributed by atoms with Gasteiger partial charge in [-0.05, 0) is 62.6 Å². The summed E-state index contributed by atoms with van der Waals surface area (Å²) >= 11 is 6.01. The molecule has 38 heavy (non-hydrogen) atoms. The van der Waals surface area contributed by atoms with Crippen LogP contribution in [-0.2, 0) is 16.6 Å². The lowest BCUT2D eigenvalue weighted by atomic mass is 10.0. The first-order valence-electron chi connectivity index (χ1n) is 12.3. The number of imidazole rings is 1. The topological polar surface area (TPSA) is 84.6 Å². The van der Waals surface area contributed by atoms with Crippen LogP contribution in [0.5, 0.6) is 0 Å². The molecule has 2 aromatic carbocycles. The highest BCUT2D eigenvalue weighted by Crippen LogP contribution is 2.31. The average Bonchev–Trinajstić information content (AvgIpc) is 3.23. The first kappa shape index (κ1) is 26.8. The Morgan fingerprint density at radius 2 is 1.63 bits per heavy atom. The van der Waals surface area contributed by atoms with E-state index in [0.29, 0.717) is 50.8 Å². The van der Waals surface area contributed by atoms with E-state index in [-0.39, 0.29) is 33.6 Å². The number of likely N-dealkylation sites (tertiary alicyclic amines) is 1. The number of alkyl halides is 3. The molecule has 3 aromatic rings. The normalized spacial score (nSPS) is 18.4. The van der Waals surface area contributed by atoms with Crippen LogP contribution in [0.3, 0.4) is 0 Å². The minimum atomic E-state index is -4.55. The average molecular weight is 571 g/mol. The maximum absolute atomic E-state index is 13.2. The van der Waals surface area contributed by atoms with Crippen molar-refractivity contribution in [2.45, 2.75) is 49.3 Å². The molecule has 5 rings (SSSR count). The molecule has 1 aromatic heterocycles. The molecule has 1 saturated heterocycles. The molecular formula is C25H26ClF3N4O4S. The monoisotopic (exact) mass is 570 g/mol. The predicted molar refractivity (Wildman–Crippen MR) is 136 cm³/mol. The van der Waals surface area contributed by atoms with Crippen molar-refractivity contribution in [3.05, 3.63) is 63.5 Å². The second-order valence-corrected chi connectivity index (χ2v) is 11.9. The minimum absolute atomic E-state index is 0.0428. The van der Waals surface area contributed by atoms with Gasteiger partial charge in [-0.1, -0.05) is 23.7 Å². The maximum atomic E-state index is 13.2. The zero-order valence-electron chi connectivity index (χ0n) is 20.3. The zero-order valence-corrected chi connectivity index (χ0v) is 21.9. The van der Waals surface area contributed by atoms with E-state index in [0.717, 1.165) is 8.87 Å². The summed E-state index contributed by atoms with van der Waals surface area (Å²) in [6.45, 7) is 0.686. The second kappa shape index (κ2) is 10.0. The molecule has 3 heterocycles. The summed E-state index contributed by atoms with van der Waals surface area (Å²) in [6, 6.07) is 10.5. The number of hydrogen-bond donors (Lipinski definition) is 0. The molecule has 1 fully saturated rings. The fourth-order valence-corrected chi connectivity index (χ4v) is 7.16. The lowest BCUT2D eigenvalue weighted by molar-refractivity contribution is -0.140. The van der Waals surface area contributed by atoms with E-state index in [1.807, 2.05) is 0 Å². The number of rotatable bonds is 7. The van der Waals surface area contributed by atoms with Gasteiger partial charge < -0.3 is 4.90 Å². The Hall–Kier alpha value is -2.83. The highest BCUT2D eigenvalue weighted by atomic mass is 35.5. The molecule has 0 spiro atoms. The van der Waals surface area contributed by atoms with E-state index in [1.165, 1.54) is 22.8 Å². The van der Waals surface area contributed by atoms with Crippen molar-refractivity contribution < 1.29 is 26.4 Å². The number of unbranched alkanes of at least 4 members (excludes halogenated alkanes) is 1. The van der Waals surface area contributed by atoms with E-state index in [9.17, 15) is 31.2 Å². The van der Waals surface area contributed by atoms with E-state index >= 15 is 0 Å². The van der Waals surface area contributed by atoms with Crippen LogP contribution in [0.25, 0.3) is 11.0 Å². The standard InChI is InChI=1S/C25H26ClF3N4O4S/c26-17-7-8-20-21(15-17)31(16-25(27,28)29)24(35)33(20)18-9-13-30(14-10-18)11-3-4-12-32-23(34)19-5-1-2-6-22(19)38(32,36)37/h1-2,5-8,15,18H,3-4,9-14,16H2. The number of nitrogens with zero attached hydrogens (tertiary/aromatic N) is 4. The molecule has 2 aliphatic rings. The molecular weight excluding hydrogens is 545 g/mol. The Kier molecular flexibility index (Phi) is 7.08. The van der Waals surface area contributed by atoms with Gasteiger partial charge in [0.05, 0.1) is 16.6 Å². The van der Waals surface area contributed by atoms with Crippen molar-refractivity contribution >= 4 is 38.6 Å². The van der Waals surface area contributed by atoms with Crippen LogP contribution in [0.15, 0.2) is 52.2 Å². The van der Waals surface area contributed by atoms with Crippen molar-refractivity contribution in [3.8, 4) is 0 Å². The quantitative estimate of drug-likeness (QED) is 0.396. The molecule has 8 nitrogen and oxygen atoms in total. The molecule has 1 amide bonds. The van der Waals surface area contributed by atoms with Gasteiger partial charge in [-0.2, -0.15) is 13.2 Å². The molecule has 13 heteroatoms. The van der Waals surface area contributed by atoms with Crippen LogP contribution in [-0.4, -0.2) is 65.0 Å². The Balaban J connectivity index is 1.19.